The molecule has 0 fully saturated rings. The van der Waals surface area contributed by atoms with Crippen molar-refractivity contribution in [2.75, 3.05) is 7.11 Å². The molecule has 0 aliphatic carbocycles. The Balaban J connectivity index is 3.37. The fraction of sp³-hybridized carbons (Fsp3) is 0.562. The number of methoxy groups -OCH3 is 1. The van der Waals surface area contributed by atoms with Crippen molar-refractivity contribution >= 4 is 5.97 Å². The average Bonchev–Trinajstić information content (AvgIpc) is 2.36. The predicted molar refractivity (Wildman–Crippen MR) is 80.4 cm³/mol. The molecule has 4 nitrogen and oxygen atoms in total. The van der Waals surface area contributed by atoms with Gasteiger partial charge in [-0.3, -0.25) is 4.79 Å². The summed E-state index contributed by atoms with van der Waals surface area (Å²) in [6, 6.07) is 3.22. The van der Waals surface area contributed by atoms with Crippen molar-refractivity contribution in [2.24, 2.45) is 5.73 Å². The summed E-state index contributed by atoms with van der Waals surface area (Å²) in [5.41, 5.74) is 8.72. The highest BCUT2D eigenvalue weighted by atomic mass is 16.5. The maximum Gasteiger partial charge on any atom is 0.320 e. The summed E-state index contributed by atoms with van der Waals surface area (Å²) < 4.78 is 5.53. The van der Waals surface area contributed by atoms with Crippen LogP contribution in [0.15, 0.2) is 12.1 Å². The summed E-state index contributed by atoms with van der Waals surface area (Å²) in [6.45, 7) is 8.43. The predicted octanol–water partition coefficient (Wildman–Crippen LogP) is 2.51. The largest absolute Gasteiger partial charge is 0.496 e. The molecule has 0 aliphatic rings. The van der Waals surface area contributed by atoms with Crippen LogP contribution >= 0.6 is 0 Å². The highest BCUT2D eigenvalue weighted by Gasteiger charge is 2.24. The average molecular weight is 279 g/mol. The van der Waals surface area contributed by atoms with Gasteiger partial charge >= 0.3 is 5.97 Å². The Hall–Kier alpha value is -1.55. The number of nitrogens with two attached hydrogens (primary N) is 1. The molecule has 0 saturated heterocycles. The molecular formula is C16H25NO3. The van der Waals surface area contributed by atoms with Crippen LogP contribution in [0.1, 0.15) is 44.4 Å². The van der Waals surface area contributed by atoms with Gasteiger partial charge in [0, 0.05) is 12.0 Å². The van der Waals surface area contributed by atoms with Gasteiger partial charge in [-0.05, 0) is 23.0 Å². The van der Waals surface area contributed by atoms with Gasteiger partial charge in [0.1, 0.15) is 11.8 Å². The molecule has 0 amide bonds. The fourth-order valence-corrected chi connectivity index (χ4v) is 2.23. The zero-order chi connectivity index (χ0) is 15.5. The van der Waals surface area contributed by atoms with Gasteiger partial charge in [-0.15, -0.1) is 0 Å². The van der Waals surface area contributed by atoms with Crippen LogP contribution in [0.25, 0.3) is 0 Å². The SMILES string of the molecule is CCc1cc(CC(N)C(=O)O)c(OC)c(C(C)(C)C)c1. The first-order valence-electron chi connectivity index (χ1n) is 6.89. The maximum atomic E-state index is 11.0. The lowest BCUT2D eigenvalue weighted by molar-refractivity contribution is -0.138. The van der Waals surface area contributed by atoms with Gasteiger partial charge in [-0.2, -0.15) is 0 Å². The number of rotatable bonds is 5. The summed E-state index contributed by atoms with van der Waals surface area (Å²) in [4.78, 5) is 11.0. The maximum absolute atomic E-state index is 11.0. The van der Waals surface area contributed by atoms with Gasteiger partial charge in [-0.1, -0.05) is 39.8 Å². The van der Waals surface area contributed by atoms with Crippen molar-refractivity contribution in [1.82, 2.24) is 0 Å². The molecule has 0 saturated carbocycles. The van der Waals surface area contributed by atoms with E-state index in [1.54, 1.807) is 7.11 Å². The van der Waals surface area contributed by atoms with Crippen LogP contribution in [0.3, 0.4) is 0 Å². The molecule has 20 heavy (non-hydrogen) atoms. The Morgan fingerprint density at radius 1 is 1.40 bits per heavy atom. The van der Waals surface area contributed by atoms with E-state index in [-0.39, 0.29) is 11.8 Å². The first-order valence-corrected chi connectivity index (χ1v) is 6.89. The zero-order valence-electron chi connectivity index (χ0n) is 13.0. The lowest BCUT2D eigenvalue weighted by Crippen LogP contribution is -2.32. The van der Waals surface area contributed by atoms with E-state index in [0.717, 1.165) is 23.3 Å². The number of carboxylic acid groups (broad SMARTS) is 1. The molecule has 112 valence electrons. The van der Waals surface area contributed by atoms with Crippen molar-refractivity contribution in [1.29, 1.82) is 0 Å². The Kier molecular flexibility index (Phi) is 5.17. The van der Waals surface area contributed by atoms with Crippen LogP contribution in [-0.4, -0.2) is 24.2 Å². The number of benzene rings is 1. The van der Waals surface area contributed by atoms with E-state index in [4.69, 9.17) is 15.6 Å². The fourth-order valence-electron chi connectivity index (χ4n) is 2.23. The molecule has 0 spiro atoms. The van der Waals surface area contributed by atoms with E-state index in [0.29, 0.717) is 0 Å². The van der Waals surface area contributed by atoms with Gasteiger partial charge in [0.05, 0.1) is 7.11 Å². The molecule has 1 rings (SSSR count). The second kappa shape index (κ2) is 6.27. The molecule has 0 aliphatic heterocycles. The molecule has 1 aromatic rings. The number of aliphatic carboxylic acids is 1. The van der Waals surface area contributed by atoms with Crippen molar-refractivity contribution in [3.05, 3.63) is 28.8 Å². The van der Waals surface area contributed by atoms with Crippen LogP contribution < -0.4 is 10.5 Å². The molecule has 4 heteroatoms. The quantitative estimate of drug-likeness (QED) is 0.868. The number of hydrogen-bond donors (Lipinski definition) is 2. The summed E-state index contributed by atoms with van der Waals surface area (Å²) in [5.74, 6) is -0.238. The minimum Gasteiger partial charge on any atom is -0.496 e. The standard InChI is InChI=1S/C16H25NO3/c1-6-10-7-11(9-13(17)15(18)19)14(20-5)12(8-10)16(2,3)4/h7-8,13H,6,9,17H2,1-5H3,(H,18,19). The van der Waals surface area contributed by atoms with Crippen LogP contribution in [0.4, 0.5) is 0 Å². The Morgan fingerprint density at radius 3 is 2.40 bits per heavy atom. The van der Waals surface area contributed by atoms with Crippen LogP contribution in [0, 0.1) is 0 Å². The number of carboxylic acids is 1. The Labute approximate surface area is 120 Å². The van der Waals surface area contributed by atoms with E-state index in [1.807, 2.05) is 6.07 Å². The highest BCUT2D eigenvalue weighted by molar-refractivity contribution is 5.73. The number of carbonyl (C=O) groups is 1. The third-order valence-electron chi connectivity index (χ3n) is 3.40. The number of ether oxygens (including phenoxy) is 1. The van der Waals surface area contributed by atoms with E-state index >= 15 is 0 Å². The molecular weight excluding hydrogens is 254 g/mol. The highest BCUT2D eigenvalue weighted by Crippen LogP contribution is 2.36. The zero-order valence-corrected chi connectivity index (χ0v) is 13.0. The summed E-state index contributed by atoms with van der Waals surface area (Å²) in [5, 5.41) is 9.00. The summed E-state index contributed by atoms with van der Waals surface area (Å²) in [7, 11) is 1.62. The van der Waals surface area contributed by atoms with Crippen molar-refractivity contribution in [3.63, 3.8) is 0 Å². The Morgan fingerprint density at radius 2 is 2.00 bits per heavy atom. The third-order valence-corrected chi connectivity index (χ3v) is 3.40. The Bertz CT molecular complexity index is 489. The van der Waals surface area contributed by atoms with Gasteiger partial charge in [0.25, 0.3) is 0 Å². The normalized spacial score (nSPS) is 13.1. The van der Waals surface area contributed by atoms with Crippen molar-refractivity contribution in [3.8, 4) is 5.75 Å². The second-order valence-electron chi connectivity index (χ2n) is 6.09. The molecule has 1 atom stereocenters. The third kappa shape index (κ3) is 3.73. The summed E-state index contributed by atoms with van der Waals surface area (Å²) >= 11 is 0. The van der Waals surface area contributed by atoms with E-state index < -0.39 is 12.0 Å². The number of hydrogen-bond acceptors (Lipinski definition) is 3. The molecule has 0 heterocycles. The second-order valence-corrected chi connectivity index (χ2v) is 6.09. The van der Waals surface area contributed by atoms with Gasteiger partial charge in [0.2, 0.25) is 0 Å². The number of aryl methyl sites for hydroxylation is 1. The lowest BCUT2D eigenvalue weighted by atomic mass is 9.83. The first kappa shape index (κ1) is 16.5. The lowest BCUT2D eigenvalue weighted by Gasteiger charge is -2.25. The van der Waals surface area contributed by atoms with Gasteiger partial charge in [0.15, 0.2) is 0 Å². The molecule has 3 N–H and O–H groups in total. The first-order chi connectivity index (χ1) is 9.20. The van der Waals surface area contributed by atoms with Crippen LogP contribution in [0.5, 0.6) is 5.75 Å². The minimum atomic E-state index is -0.994. The minimum absolute atomic E-state index is 0.0708. The molecule has 0 bridgehead atoms. The van der Waals surface area contributed by atoms with E-state index in [9.17, 15) is 4.79 Å². The van der Waals surface area contributed by atoms with Gasteiger partial charge < -0.3 is 15.6 Å². The van der Waals surface area contributed by atoms with Crippen molar-refractivity contribution < 1.29 is 14.6 Å². The molecule has 1 aromatic carbocycles. The smallest absolute Gasteiger partial charge is 0.320 e. The topological polar surface area (TPSA) is 72.6 Å². The van der Waals surface area contributed by atoms with Crippen LogP contribution in [-0.2, 0) is 23.1 Å². The molecule has 1 unspecified atom stereocenters. The molecule has 0 radical (unpaired) electrons. The van der Waals surface area contributed by atoms with Crippen LogP contribution in [0.2, 0.25) is 0 Å². The summed E-state index contributed by atoms with van der Waals surface area (Å²) in [6.07, 6.45) is 1.16. The molecule has 0 aromatic heterocycles. The van der Waals surface area contributed by atoms with E-state index in [2.05, 4.69) is 33.8 Å². The van der Waals surface area contributed by atoms with Crippen molar-refractivity contribution in [2.45, 2.75) is 52.0 Å². The van der Waals surface area contributed by atoms with E-state index in [1.165, 1.54) is 5.56 Å². The van der Waals surface area contributed by atoms with Gasteiger partial charge in [-0.25, -0.2) is 0 Å². The monoisotopic (exact) mass is 279 g/mol.